The number of hydrogen-bond acceptors (Lipinski definition) is 0. The number of allylic oxidation sites excluding steroid dienone is 2. The van der Waals surface area contributed by atoms with Crippen LogP contribution in [0.5, 0.6) is 0 Å². The van der Waals surface area contributed by atoms with Crippen molar-refractivity contribution in [3.05, 3.63) is 11.6 Å². The summed E-state index contributed by atoms with van der Waals surface area (Å²) in [6, 6.07) is 0. The van der Waals surface area contributed by atoms with Crippen LogP contribution in [0.1, 0.15) is 40.5 Å². The predicted molar refractivity (Wildman–Crippen MR) is 45.9 cm³/mol. The van der Waals surface area contributed by atoms with Gasteiger partial charge in [-0.15, -0.1) is 0 Å². The van der Waals surface area contributed by atoms with Crippen LogP contribution < -0.4 is 0 Å². The highest BCUT2D eigenvalue weighted by Crippen LogP contribution is 2.37. The van der Waals surface area contributed by atoms with Crippen LogP contribution in [-0.2, 0) is 0 Å². The lowest BCUT2D eigenvalue weighted by molar-refractivity contribution is 0.271. The second kappa shape index (κ2) is 2.41. The molecule has 1 rings (SSSR count). The molecule has 1 unspecified atom stereocenters. The third-order valence-corrected chi connectivity index (χ3v) is 2.86. The molecule has 0 fully saturated rings. The van der Waals surface area contributed by atoms with E-state index in [2.05, 4.69) is 33.8 Å². The molecule has 0 heteroatoms. The van der Waals surface area contributed by atoms with E-state index in [1.54, 1.807) is 5.57 Å². The second-order valence-corrected chi connectivity index (χ2v) is 4.25. The van der Waals surface area contributed by atoms with Gasteiger partial charge >= 0.3 is 0 Å². The fourth-order valence-corrected chi connectivity index (χ4v) is 1.67. The van der Waals surface area contributed by atoms with Gasteiger partial charge in [-0.05, 0) is 31.1 Å². The van der Waals surface area contributed by atoms with Crippen LogP contribution in [0, 0.1) is 11.3 Å². The van der Waals surface area contributed by atoms with Gasteiger partial charge in [0, 0.05) is 0 Å². The Hall–Kier alpha value is -0.260. The van der Waals surface area contributed by atoms with Crippen LogP contribution in [0.3, 0.4) is 0 Å². The average Bonchev–Trinajstić information content (AvgIpc) is 1.78. The highest BCUT2D eigenvalue weighted by Gasteiger charge is 2.26. The van der Waals surface area contributed by atoms with Crippen molar-refractivity contribution in [2.24, 2.45) is 11.3 Å². The summed E-state index contributed by atoms with van der Waals surface area (Å²) in [5, 5.41) is 0. The number of rotatable bonds is 0. The van der Waals surface area contributed by atoms with E-state index in [4.69, 9.17) is 0 Å². The molecule has 0 aromatic rings. The Labute approximate surface area is 64.3 Å². The molecule has 0 aliphatic heterocycles. The minimum absolute atomic E-state index is 0.447. The average molecular weight is 138 g/mol. The maximum atomic E-state index is 2.43. The van der Waals surface area contributed by atoms with Gasteiger partial charge in [-0.1, -0.05) is 32.4 Å². The first-order valence-electron chi connectivity index (χ1n) is 4.21. The van der Waals surface area contributed by atoms with Crippen LogP contribution in [0.2, 0.25) is 0 Å². The summed E-state index contributed by atoms with van der Waals surface area (Å²) in [5.74, 6) is 0.858. The van der Waals surface area contributed by atoms with Crippen molar-refractivity contribution < 1.29 is 0 Å². The molecule has 0 radical (unpaired) electrons. The molecule has 1 aliphatic rings. The van der Waals surface area contributed by atoms with Crippen molar-refractivity contribution in [2.75, 3.05) is 0 Å². The van der Waals surface area contributed by atoms with Gasteiger partial charge in [-0.3, -0.25) is 0 Å². The molecule has 0 spiro atoms. The Morgan fingerprint density at radius 3 is 2.50 bits per heavy atom. The van der Waals surface area contributed by atoms with Gasteiger partial charge in [0.05, 0.1) is 0 Å². The van der Waals surface area contributed by atoms with E-state index in [9.17, 15) is 0 Å². The molecule has 0 heterocycles. The minimum Gasteiger partial charge on any atom is -0.0797 e. The smallest absolute Gasteiger partial charge is 0.0147 e. The summed E-state index contributed by atoms with van der Waals surface area (Å²) in [7, 11) is 0. The Morgan fingerprint density at radius 1 is 1.50 bits per heavy atom. The molecule has 1 aliphatic carbocycles. The highest BCUT2D eigenvalue weighted by molar-refractivity contribution is 5.10. The summed E-state index contributed by atoms with van der Waals surface area (Å²) in [4.78, 5) is 0. The van der Waals surface area contributed by atoms with E-state index in [0.29, 0.717) is 5.41 Å². The Morgan fingerprint density at radius 2 is 2.10 bits per heavy atom. The van der Waals surface area contributed by atoms with Gasteiger partial charge in [-0.25, -0.2) is 0 Å². The van der Waals surface area contributed by atoms with E-state index in [1.165, 1.54) is 12.8 Å². The van der Waals surface area contributed by atoms with Crippen molar-refractivity contribution in [1.29, 1.82) is 0 Å². The molecule has 0 N–H and O–H groups in total. The predicted octanol–water partition coefficient (Wildman–Crippen LogP) is 3.39. The first-order valence-corrected chi connectivity index (χ1v) is 4.21. The molecule has 0 bridgehead atoms. The van der Waals surface area contributed by atoms with Gasteiger partial charge in [-0.2, -0.15) is 0 Å². The third-order valence-electron chi connectivity index (χ3n) is 2.86. The van der Waals surface area contributed by atoms with Crippen LogP contribution in [0.15, 0.2) is 11.6 Å². The van der Waals surface area contributed by atoms with Crippen molar-refractivity contribution in [3.8, 4) is 0 Å². The fraction of sp³-hybridized carbons (Fsp3) is 0.800. The third kappa shape index (κ3) is 1.42. The topological polar surface area (TPSA) is 0 Å². The second-order valence-electron chi connectivity index (χ2n) is 4.25. The summed E-state index contributed by atoms with van der Waals surface area (Å²) in [5.41, 5.74) is 2.02. The highest BCUT2D eigenvalue weighted by atomic mass is 14.3. The molecule has 1 atom stereocenters. The summed E-state index contributed by atoms with van der Waals surface area (Å²) in [6.45, 7) is 9.26. The zero-order valence-electron chi connectivity index (χ0n) is 7.57. The normalized spacial score (nSPS) is 31.6. The Bertz CT molecular complexity index is 151. The molecule has 58 valence electrons. The van der Waals surface area contributed by atoms with Crippen LogP contribution in [0.25, 0.3) is 0 Å². The van der Waals surface area contributed by atoms with Gasteiger partial charge in [0.1, 0.15) is 0 Å². The van der Waals surface area contributed by atoms with Crippen LogP contribution in [0.4, 0.5) is 0 Å². The first kappa shape index (κ1) is 7.84. The molecule has 0 aromatic heterocycles. The SMILES string of the molecule is CC1=CC(C)(C)C(C)CC1. The molecule has 0 nitrogen and oxygen atoms in total. The minimum atomic E-state index is 0.447. The molecule has 0 saturated heterocycles. The van der Waals surface area contributed by atoms with E-state index >= 15 is 0 Å². The molecular weight excluding hydrogens is 120 g/mol. The van der Waals surface area contributed by atoms with E-state index in [-0.39, 0.29) is 0 Å². The van der Waals surface area contributed by atoms with E-state index in [0.717, 1.165) is 5.92 Å². The lowest BCUT2D eigenvalue weighted by Gasteiger charge is -2.33. The Kier molecular flexibility index (Phi) is 1.89. The number of hydrogen-bond donors (Lipinski definition) is 0. The van der Waals surface area contributed by atoms with Crippen molar-refractivity contribution in [3.63, 3.8) is 0 Å². The molecule has 0 aromatic carbocycles. The summed E-state index contributed by atoms with van der Waals surface area (Å²) < 4.78 is 0. The van der Waals surface area contributed by atoms with Gasteiger partial charge < -0.3 is 0 Å². The van der Waals surface area contributed by atoms with Crippen LogP contribution in [-0.4, -0.2) is 0 Å². The van der Waals surface area contributed by atoms with Crippen LogP contribution >= 0.6 is 0 Å². The van der Waals surface area contributed by atoms with E-state index < -0.39 is 0 Å². The quantitative estimate of drug-likeness (QED) is 0.450. The zero-order valence-corrected chi connectivity index (χ0v) is 7.57. The first-order chi connectivity index (χ1) is 4.52. The molecular formula is C10H18. The lowest BCUT2D eigenvalue weighted by atomic mass is 9.72. The summed E-state index contributed by atoms with van der Waals surface area (Å²) in [6.07, 6.45) is 5.11. The molecule has 10 heavy (non-hydrogen) atoms. The fourth-order valence-electron chi connectivity index (χ4n) is 1.67. The van der Waals surface area contributed by atoms with Crippen molar-refractivity contribution in [1.82, 2.24) is 0 Å². The van der Waals surface area contributed by atoms with Gasteiger partial charge in [0.25, 0.3) is 0 Å². The maximum absolute atomic E-state index is 2.43. The zero-order chi connectivity index (χ0) is 7.78. The van der Waals surface area contributed by atoms with Crippen molar-refractivity contribution in [2.45, 2.75) is 40.5 Å². The van der Waals surface area contributed by atoms with Gasteiger partial charge in [0.2, 0.25) is 0 Å². The maximum Gasteiger partial charge on any atom is -0.0147 e. The lowest BCUT2D eigenvalue weighted by Crippen LogP contribution is -2.22. The largest absolute Gasteiger partial charge is 0.0797 e. The van der Waals surface area contributed by atoms with Crippen molar-refractivity contribution >= 4 is 0 Å². The molecule has 0 amide bonds. The summed E-state index contributed by atoms with van der Waals surface area (Å²) >= 11 is 0. The standard InChI is InChI=1S/C10H18/c1-8-5-6-9(2)10(3,4)7-8/h7,9H,5-6H2,1-4H3. The van der Waals surface area contributed by atoms with Gasteiger partial charge in [0.15, 0.2) is 0 Å². The monoisotopic (exact) mass is 138 g/mol. The Balaban J connectivity index is 2.79. The van der Waals surface area contributed by atoms with E-state index in [1.807, 2.05) is 0 Å². The molecule has 0 saturated carbocycles.